The van der Waals surface area contributed by atoms with E-state index >= 15 is 0 Å². The van der Waals surface area contributed by atoms with Crippen LogP contribution in [0.15, 0.2) is 12.4 Å². The van der Waals surface area contributed by atoms with Crippen LogP contribution in [0.4, 0.5) is 0 Å². The summed E-state index contributed by atoms with van der Waals surface area (Å²) in [5, 5.41) is 13.3. The summed E-state index contributed by atoms with van der Waals surface area (Å²) in [6.45, 7) is 4.22. The molecule has 1 fully saturated rings. The third-order valence-electron chi connectivity index (χ3n) is 2.99. The molecule has 1 atom stereocenters. The maximum absolute atomic E-state index is 12.2. The van der Waals surface area contributed by atoms with Crippen LogP contribution in [0.25, 0.3) is 0 Å². The van der Waals surface area contributed by atoms with E-state index in [2.05, 4.69) is 20.9 Å². The Labute approximate surface area is 111 Å². The Bertz CT molecular complexity index is 432. The molecule has 19 heavy (non-hydrogen) atoms. The molecule has 0 radical (unpaired) electrons. The van der Waals surface area contributed by atoms with Crippen LogP contribution in [-0.2, 0) is 16.1 Å². The predicted octanol–water partition coefficient (Wildman–Crippen LogP) is -1.79. The number of hydrogen-bond acceptors (Lipinski definition) is 5. The number of aromatic nitrogens is 3. The number of rotatable bonds is 4. The Hall–Kier alpha value is -1.96. The van der Waals surface area contributed by atoms with Crippen LogP contribution in [0.5, 0.6) is 0 Å². The average molecular weight is 266 g/mol. The zero-order valence-electron chi connectivity index (χ0n) is 10.9. The second-order valence-corrected chi connectivity index (χ2v) is 4.30. The highest BCUT2D eigenvalue weighted by atomic mass is 16.2. The van der Waals surface area contributed by atoms with E-state index in [4.69, 9.17) is 0 Å². The van der Waals surface area contributed by atoms with E-state index in [0.29, 0.717) is 26.2 Å². The molecule has 1 saturated heterocycles. The minimum Gasteiger partial charge on any atom is -0.355 e. The van der Waals surface area contributed by atoms with Gasteiger partial charge in [-0.3, -0.25) is 9.59 Å². The molecule has 8 heteroatoms. The normalized spacial score (nSPS) is 19.2. The van der Waals surface area contributed by atoms with Crippen molar-refractivity contribution in [3.63, 3.8) is 0 Å². The third kappa shape index (κ3) is 3.28. The van der Waals surface area contributed by atoms with Crippen LogP contribution in [0.1, 0.15) is 6.92 Å². The zero-order chi connectivity index (χ0) is 13.7. The maximum Gasteiger partial charge on any atom is 0.245 e. The van der Waals surface area contributed by atoms with Gasteiger partial charge in [-0.05, 0) is 6.92 Å². The summed E-state index contributed by atoms with van der Waals surface area (Å²) in [7, 11) is 0. The molecule has 0 aromatic carbocycles. The molecule has 1 aromatic heterocycles. The fraction of sp³-hybridized carbons (Fsp3) is 0.636. The van der Waals surface area contributed by atoms with E-state index in [1.807, 2.05) is 6.92 Å². The van der Waals surface area contributed by atoms with E-state index in [1.165, 1.54) is 10.9 Å². The van der Waals surface area contributed by atoms with Gasteiger partial charge in [0.25, 0.3) is 0 Å². The molecule has 0 aliphatic carbocycles. The molecule has 1 aliphatic rings. The number of nitrogens with zero attached hydrogens (tertiary/aromatic N) is 4. The van der Waals surface area contributed by atoms with Gasteiger partial charge in [-0.2, -0.15) is 0 Å². The summed E-state index contributed by atoms with van der Waals surface area (Å²) in [5.74, 6) is -0.245. The largest absolute Gasteiger partial charge is 0.355 e. The number of amides is 2. The smallest absolute Gasteiger partial charge is 0.245 e. The predicted molar refractivity (Wildman–Crippen MR) is 67.1 cm³/mol. The first-order chi connectivity index (χ1) is 9.22. The second-order valence-electron chi connectivity index (χ2n) is 4.30. The number of hydrogen-bond donors (Lipinski definition) is 2. The van der Waals surface area contributed by atoms with Crippen molar-refractivity contribution >= 4 is 11.8 Å². The first-order valence-electron chi connectivity index (χ1n) is 6.34. The molecule has 2 N–H and O–H groups in total. The minimum atomic E-state index is -0.454. The van der Waals surface area contributed by atoms with E-state index in [9.17, 15) is 9.59 Å². The molecular formula is C11H18N6O2. The summed E-state index contributed by atoms with van der Waals surface area (Å²) in [5.41, 5.74) is 0. The molecule has 0 spiro atoms. The molecule has 1 aliphatic heterocycles. The second kappa shape index (κ2) is 6.28. The molecule has 2 rings (SSSR count). The van der Waals surface area contributed by atoms with Gasteiger partial charge in [0.15, 0.2) is 0 Å². The fourth-order valence-corrected chi connectivity index (χ4v) is 2.08. The maximum atomic E-state index is 12.2. The summed E-state index contributed by atoms with van der Waals surface area (Å²) in [6, 6.07) is -0.454. The average Bonchev–Trinajstić information content (AvgIpc) is 2.92. The number of nitrogens with one attached hydrogen (secondary N) is 2. The van der Waals surface area contributed by atoms with Crippen molar-refractivity contribution in [1.29, 1.82) is 0 Å². The van der Waals surface area contributed by atoms with Gasteiger partial charge < -0.3 is 15.5 Å². The van der Waals surface area contributed by atoms with Crippen LogP contribution in [0.2, 0.25) is 0 Å². The summed E-state index contributed by atoms with van der Waals surface area (Å²) in [6.07, 6.45) is 3.15. The molecular weight excluding hydrogens is 248 g/mol. The Morgan fingerprint density at radius 2 is 2.37 bits per heavy atom. The number of carbonyl (C=O) groups excluding carboxylic acids is 2. The van der Waals surface area contributed by atoms with Crippen molar-refractivity contribution in [1.82, 2.24) is 30.5 Å². The number of likely N-dealkylation sites (N-methyl/N-ethyl adjacent to an activating group) is 1. The Morgan fingerprint density at radius 1 is 1.53 bits per heavy atom. The SMILES string of the molecule is CCNC(=O)C1CNCCN1C(=O)Cn1ccnn1. The van der Waals surface area contributed by atoms with Gasteiger partial charge in [0.2, 0.25) is 11.8 Å². The quantitative estimate of drug-likeness (QED) is 0.672. The topological polar surface area (TPSA) is 92.2 Å². The zero-order valence-corrected chi connectivity index (χ0v) is 10.9. The van der Waals surface area contributed by atoms with Crippen molar-refractivity contribution in [2.75, 3.05) is 26.2 Å². The van der Waals surface area contributed by atoms with Gasteiger partial charge in [0, 0.05) is 32.4 Å². The Morgan fingerprint density at radius 3 is 3.05 bits per heavy atom. The van der Waals surface area contributed by atoms with Gasteiger partial charge >= 0.3 is 0 Å². The summed E-state index contributed by atoms with van der Waals surface area (Å²) in [4.78, 5) is 25.8. The fourth-order valence-electron chi connectivity index (χ4n) is 2.08. The molecule has 0 bridgehead atoms. The van der Waals surface area contributed by atoms with Gasteiger partial charge in [-0.25, -0.2) is 4.68 Å². The molecule has 2 amide bonds. The van der Waals surface area contributed by atoms with Crippen molar-refractivity contribution in [3.05, 3.63) is 12.4 Å². The number of carbonyl (C=O) groups is 2. The molecule has 104 valence electrons. The van der Waals surface area contributed by atoms with Crippen LogP contribution in [-0.4, -0.2) is 63.9 Å². The lowest BCUT2D eigenvalue weighted by molar-refractivity contribution is -0.142. The van der Waals surface area contributed by atoms with Crippen LogP contribution >= 0.6 is 0 Å². The first kappa shape index (κ1) is 13.5. The lowest BCUT2D eigenvalue weighted by Gasteiger charge is -2.35. The number of piperazine rings is 1. The highest BCUT2D eigenvalue weighted by Gasteiger charge is 2.31. The minimum absolute atomic E-state index is 0.107. The molecule has 8 nitrogen and oxygen atoms in total. The lowest BCUT2D eigenvalue weighted by atomic mass is 10.1. The van der Waals surface area contributed by atoms with Crippen molar-refractivity contribution in [2.24, 2.45) is 0 Å². The molecule has 1 unspecified atom stereocenters. The highest BCUT2D eigenvalue weighted by molar-refractivity contribution is 5.88. The summed E-state index contributed by atoms with van der Waals surface area (Å²) < 4.78 is 1.46. The van der Waals surface area contributed by atoms with Crippen LogP contribution in [0.3, 0.4) is 0 Å². The Kier molecular flexibility index (Phi) is 4.45. The first-order valence-corrected chi connectivity index (χ1v) is 6.34. The summed E-state index contributed by atoms with van der Waals surface area (Å²) >= 11 is 0. The lowest BCUT2D eigenvalue weighted by Crippen LogP contribution is -2.60. The van der Waals surface area contributed by atoms with Gasteiger partial charge in [-0.15, -0.1) is 5.10 Å². The van der Waals surface area contributed by atoms with E-state index in [0.717, 1.165) is 0 Å². The monoisotopic (exact) mass is 266 g/mol. The molecule has 1 aromatic rings. The van der Waals surface area contributed by atoms with E-state index in [1.54, 1.807) is 11.1 Å². The van der Waals surface area contributed by atoms with Crippen molar-refractivity contribution < 1.29 is 9.59 Å². The van der Waals surface area contributed by atoms with Crippen LogP contribution in [0, 0.1) is 0 Å². The van der Waals surface area contributed by atoms with Crippen LogP contribution < -0.4 is 10.6 Å². The third-order valence-corrected chi connectivity index (χ3v) is 2.99. The standard InChI is InChI=1S/C11H18N6O2/c1-2-13-11(19)9-7-12-3-6-17(9)10(18)8-16-5-4-14-15-16/h4-5,9,12H,2-3,6-8H2,1H3,(H,13,19). The van der Waals surface area contributed by atoms with Crippen molar-refractivity contribution in [2.45, 2.75) is 19.5 Å². The van der Waals surface area contributed by atoms with Gasteiger partial charge in [-0.1, -0.05) is 5.21 Å². The van der Waals surface area contributed by atoms with E-state index < -0.39 is 6.04 Å². The molecule has 2 heterocycles. The van der Waals surface area contributed by atoms with Gasteiger partial charge in [0.1, 0.15) is 12.6 Å². The van der Waals surface area contributed by atoms with Gasteiger partial charge in [0.05, 0.1) is 6.20 Å². The highest BCUT2D eigenvalue weighted by Crippen LogP contribution is 2.05. The van der Waals surface area contributed by atoms with Crippen molar-refractivity contribution in [3.8, 4) is 0 Å². The van der Waals surface area contributed by atoms with E-state index in [-0.39, 0.29) is 18.4 Å². The molecule has 0 saturated carbocycles. The Balaban J connectivity index is 2.02.